The van der Waals surface area contributed by atoms with Crippen molar-refractivity contribution in [3.05, 3.63) is 69.6 Å². The SMILES string of the molecule is Cc1cccc(C)c1NC(=O)CN(C)C(=O)COC(=O)/C=C/c1sc2ccccc2c1Cl. The van der Waals surface area contributed by atoms with E-state index in [-0.39, 0.29) is 12.5 Å². The van der Waals surface area contributed by atoms with E-state index in [1.165, 1.54) is 29.4 Å². The lowest BCUT2D eigenvalue weighted by Gasteiger charge is -2.18. The van der Waals surface area contributed by atoms with Gasteiger partial charge in [-0.2, -0.15) is 0 Å². The number of para-hydroxylation sites is 1. The van der Waals surface area contributed by atoms with E-state index >= 15 is 0 Å². The van der Waals surface area contributed by atoms with Crippen molar-refractivity contribution >= 4 is 62.6 Å². The number of aryl methyl sites for hydroxylation is 2. The van der Waals surface area contributed by atoms with Crippen LogP contribution in [0.3, 0.4) is 0 Å². The zero-order valence-electron chi connectivity index (χ0n) is 18.0. The lowest BCUT2D eigenvalue weighted by molar-refractivity contribution is -0.148. The van der Waals surface area contributed by atoms with Crippen LogP contribution in [-0.2, 0) is 19.1 Å². The molecule has 1 N–H and O–H groups in total. The van der Waals surface area contributed by atoms with Crippen LogP contribution in [0.5, 0.6) is 0 Å². The summed E-state index contributed by atoms with van der Waals surface area (Å²) in [6.07, 6.45) is 2.80. The largest absolute Gasteiger partial charge is 0.452 e. The Morgan fingerprint density at radius 1 is 1.09 bits per heavy atom. The zero-order valence-corrected chi connectivity index (χ0v) is 19.5. The summed E-state index contributed by atoms with van der Waals surface area (Å²) in [4.78, 5) is 38.5. The monoisotopic (exact) mass is 470 g/mol. The number of nitrogens with one attached hydrogen (secondary N) is 1. The van der Waals surface area contributed by atoms with Crippen molar-refractivity contribution in [1.82, 2.24) is 4.90 Å². The molecule has 0 saturated carbocycles. The van der Waals surface area contributed by atoms with E-state index in [1.807, 2.05) is 56.3 Å². The van der Waals surface area contributed by atoms with E-state index < -0.39 is 18.5 Å². The van der Waals surface area contributed by atoms with Crippen LogP contribution in [0.25, 0.3) is 16.2 Å². The first kappa shape index (κ1) is 23.5. The number of carbonyl (C=O) groups is 3. The highest BCUT2D eigenvalue weighted by molar-refractivity contribution is 7.20. The first-order valence-electron chi connectivity index (χ1n) is 9.88. The number of anilines is 1. The Hall–Kier alpha value is -3.16. The molecular weight excluding hydrogens is 448 g/mol. The van der Waals surface area contributed by atoms with Crippen molar-refractivity contribution in [3.8, 4) is 0 Å². The van der Waals surface area contributed by atoms with E-state index in [0.29, 0.717) is 5.02 Å². The molecule has 0 spiro atoms. The van der Waals surface area contributed by atoms with E-state index in [1.54, 1.807) is 6.08 Å². The predicted octanol–water partition coefficient (Wildman–Crippen LogP) is 4.83. The van der Waals surface area contributed by atoms with Crippen LogP contribution in [0.4, 0.5) is 5.69 Å². The fraction of sp³-hybridized carbons (Fsp3) is 0.208. The minimum Gasteiger partial charge on any atom is -0.452 e. The zero-order chi connectivity index (χ0) is 23.3. The molecule has 3 rings (SSSR count). The molecule has 0 aliphatic carbocycles. The van der Waals surface area contributed by atoms with Gasteiger partial charge in [-0.05, 0) is 37.1 Å². The Balaban J connectivity index is 1.49. The standard InChI is InChI=1S/C24H23ClN2O4S/c1-15-7-6-8-16(2)24(15)26-20(28)13-27(3)21(29)14-31-22(30)12-11-19-23(25)17-9-4-5-10-18(17)32-19/h4-12H,13-14H2,1-3H3,(H,26,28)/b12-11+. The average molecular weight is 471 g/mol. The van der Waals surface area contributed by atoms with Crippen molar-refractivity contribution in [2.24, 2.45) is 0 Å². The fourth-order valence-electron chi connectivity index (χ4n) is 3.07. The predicted molar refractivity (Wildman–Crippen MR) is 129 cm³/mol. The van der Waals surface area contributed by atoms with Crippen LogP contribution in [0, 0.1) is 13.8 Å². The number of halogens is 1. The van der Waals surface area contributed by atoms with Crippen LogP contribution in [0.2, 0.25) is 5.02 Å². The Morgan fingerprint density at radius 2 is 1.78 bits per heavy atom. The van der Waals surface area contributed by atoms with E-state index in [9.17, 15) is 14.4 Å². The number of thiophene rings is 1. The van der Waals surface area contributed by atoms with Crippen LogP contribution in [-0.4, -0.2) is 42.9 Å². The molecule has 32 heavy (non-hydrogen) atoms. The smallest absolute Gasteiger partial charge is 0.331 e. The number of hydrogen-bond acceptors (Lipinski definition) is 5. The molecule has 0 bridgehead atoms. The number of esters is 1. The van der Waals surface area contributed by atoms with Crippen molar-refractivity contribution in [1.29, 1.82) is 0 Å². The number of likely N-dealkylation sites (N-methyl/N-ethyl adjacent to an activating group) is 1. The van der Waals surface area contributed by atoms with Gasteiger partial charge in [0.15, 0.2) is 6.61 Å². The van der Waals surface area contributed by atoms with Crippen LogP contribution in [0.15, 0.2) is 48.5 Å². The molecule has 1 heterocycles. The maximum Gasteiger partial charge on any atom is 0.331 e. The van der Waals surface area contributed by atoms with Gasteiger partial charge in [0.05, 0.1) is 11.6 Å². The molecular formula is C24H23ClN2O4S. The molecule has 2 amide bonds. The van der Waals surface area contributed by atoms with E-state index in [4.69, 9.17) is 16.3 Å². The summed E-state index contributed by atoms with van der Waals surface area (Å²) in [6.45, 7) is 3.18. The van der Waals surface area contributed by atoms with Crippen LogP contribution < -0.4 is 5.32 Å². The molecule has 0 fully saturated rings. The highest BCUT2D eigenvalue weighted by Crippen LogP contribution is 2.35. The number of carbonyl (C=O) groups excluding carboxylic acids is 3. The molecule has 0 atom stereocenters. The lowest BCUT2D eigenvalue weighted by atomic mass is 10.1. The summed E-state index contributed by atoms with van der Waals surface area (Å²) in [5.74, 6) is -1.48. The van der Waals surface area contributed by atoms with Gasteiger partial charge in [0, 0.05) is 33.8 Å². The minimum atomic E-state index is -0.666. The molecule has 6 nitrogen and oxygen atoms in total. The molecule has 2 aromatic carbocycles. The van der Waals surface area contributed by atoms with Gasteiger partial charge in [0.2, 0.25) is 5.91 Å². The molecule has 3 aromatic rings. The van der Waals surface area contributed by atoms with Crippen LogP contribution >= 0.6 is 22.9 Å². The Bertz CT molecular complexity index is 1180. The summed E-state index contributed by atoms with van der Waals surface area (Å²) >= 11 is 7.80. The van der Waals surface area contributed by atoms with E-state index in [0.717, 1.165) is 31.8 Å². The number of hydrogen-bond donors (Lipinski definition) is 1. The summed E-state index contributed by atoms with van der Waals surface area (Å²) in [5.41, 5.74) is 2.60. The van der Waals surface area contributed by atoms with Gasteiger partial charge < -0.3 is 15.0 Å². The van der Waals surface area contributed by atoms with Crippen molar-refractivity contribution in [3.63, 3.8) is 0 Å². The second kappa shape index (κ2) is 10.4. The van der Waals surface area contributed by atoms with Gasteiger partial charge in [-0.1, -0.05) is 48.0 Å². The fourth-order valence-corrected chi connectivity index (χ4v) is 4.47. The topological polar surface area (TPSA) is 75.7 Å². The summed E-state index contributed by atoms with van der Waals surface area (Å²) in [7, 11) is 1.48. The third kappa shape index (κ3) is 5.75. The van der Waals surface area contributed by atoms with Crippen LogP contribution in [0.1, 0.15) is 16.0 Å². The Morgan fingerprint density at radius 3 is 2.47 bits per heavy atom. The number of benzene rings is 2. The maximum absolute atomic E-state index is 12.3. The number of nitrogens with zero attached hydrogens (tertiary/aromatic N) is 1. The summed E-state index contributed by atoms with van der Waals surface area (Å²) in [6, 6.07) is 13.4. The molecule has 1 aromatic heterocycles. The number of ether oxygens (including phenoxy) is 1. The van der Waals surface area contributed by atoms with Gasteiger partial charge in [-0.15, -0.1) is 11.3 Å². The van der Waals surface area contributed by atoms with Gasteiger partial charge in [0.25, 0.3) is 5.91 Å². The lowest BCUT2D eigenvalue weighted by Crippen LogP contribution is -2.37. The third-order valence-electron chi connectivity index (χ3n) is 4.82. The third-order valence-corrected chi connectivity index (χ3v) is 6.48. The molecule has 0 aliphatic rings. The normalized spacial score (nSPS) is 11.0. The summed E-state index contributed by atoms with van der Waals surface area (Å²) in [5, 5.41) is 4.31. The van der Waals surface area contributed by atoms with Gasteiger partial charge in [-0.25, -0.2) is 4.79 Å². The molecule has 0 unspecified atom stereocenters. The van der Waals surface area contributed by atoms with Gasteiger partial charge >= 0.3 is 5.97 Å². The average Bonchev–Trinajstić information content (AvgIpc) is 3.09. The molecule has 166 valence electrons. The highest BCUT2D eigenvalue weighted by atomic mass is 35.5. The van der Waals surface area contributed by atoms with Gasteiger partial charge in [-0.3, -0.25) is 9.59 Å². The first-order valence-corrected chi connectivity index (χ1v) is 11.1. The van der Waals surface area contributed by atoms with Crippen molar-refractivity contribution in [2.75, 3.05) is 25.5 Å². The number of amides is 2. The quantitative estimate of drug-likeness (QED) is 0.396. The molecule has 8 heteroatoms. The number of fused-ring (bicyclic) bond motifs is 1. The minimum absolute atomic E-state index is 0.155. The van der Waals surface area contributed by atoms with Gasteiger partial charge in [0.1, 0.15) is 0 Å². The second-order valence-corrected chi connectivity index (χ2v) is 8.74. The van der Waals surface area contributed by atoms with Crippen molar-refractivity contribution in [2.45, 2.75) is 13.8 Å². The Labute approximate surface area is 195 Å². The second-order valence-electron chi connectivity index (χ2n) is 7.28. The van der Waals surface area contributed by atoms with E-state index in [2.05, 4.69) is 5.32 Å². The number of rotatable bonds is 7. The molecule has 0 radical (unpaired) electrons. The summed E-state index contributed by atoms with van der Waals surface area (Å²) < 4.78 is 6.03. The highest BCUT2D eigenvalue weighted by Gasteiger charge is 2.16. The van der Waals surface area contributed by atoms with Crippen molar-refractivity contribution < 1.29 is 19.1 Å². The Kier molecular flexibility index (Phi) is 7.66. The molecule has 0 aliphatic heterocycles. The first-order chi connectivity index (χ1) is 15.3. The maximum atomic E-state index is 12.3. The molecule has 0 saturated heterocycles.